The first-order valence-electron chi connectivity index (χ1n) is 8.42. The molecule has 4 nitrogen and oxygen atoms in total. The molecule has 0 unspecified atom stereocenters. The van der Waals surface area contributed by atoms with Crippen LogP contribution >= 0.6 is 0 Å². The molecule has 0 saturated carbocycles. The molecule has 5 heteroatoms. The Balaban J connectivity index is 1.55. The zero-order chi connectivity index (χ0) is 16.9. The van der Waals surface area contributed by atoms with Gasteiger partial charge in [0.25, 0.3) is 0 Å². The molecule has 1 aliphatic heterocycles. The third-order valence-electron chi connectivity index (χ3n) is 4.66. The van der Waals surface area contributed by atoms with Crippen molar-refractivity contribution in [2.45, 2.75) is 32.6 Å². The molecule has 1 fully saturated rings. The summed E-state index contributed by atoms with van der Waals surface area (Å²) in [6.45, 7) is 3.29. The van der Waals surface area contributed by atoms with Crippen molar-refractivity contribution in [2.24, 2.45) is 5.92 Å². The highest BCUT2D eigenvalue weighted by Crippen LogP contribution is 2.21. The van der Waals surface area contributed by atoms with E-state index in [0.717, 1.165) is 43.7 Å². The van der Waals surface area contributed by atoms with Gasteiger partial charge in [-0.1, -0.05) is 18.2 Å². The van der Waals surface area contributed by atoms with Crippen molar-refractivity contribution >= 4 is 5.91 Å². The summed E-state index contributed by atoms with van der Waals surface area (Å²) < 4.78 is 13.7. The smallest absolute Gasteiger partial charge is 0.219 e. The molecule has 0 atom stereocenters. The van der Waals surface area contributed by atoms with E-state index in [9.17, 15) is 9.18 Å². The second-order valence-electron chi connectivity index (χ2n) is 6.44. The van der Waals surface area contributed by atoms with E-state index in [-0.39, 0.29) is 11.7 Å². The summed E-state index contributed by atoms with van der Waals surface area (Å²) in [6, 6.07) is 10.7. The summed E-state index contributed by atoms with van der Waals surface area (Å²) in [5, 5.41) is 8.54. The van der Waals surface area contributed by atoms with Gasteiger partial charge in [0.2, 0.25) is 5.91 Å². The Morgan fingerprint density at radius 1 is 1.12 bits per heavy atom. The maximum Gasteiger partial charge on any atom is 0.219 e. The standard InChI is InChI=1S/C19H22FN3O/c1-14(24)23-10-8-15(9-11-23)12-17-6-7-18(22-21-17)13-16-4-2-3-5-19(16)20/h2-7,15H,8-13H2,1H3. The fourth-order valence-electron chi connectivity index (χ4n) is 3.18. The summed E-state index contributed by atoms with van der Waals surface area (Å²) in [5.41, 5.74) is 2.37. The van der Waals surface area contributed by atoms with Crippen LogP contribution in [0.25, 0.3) is 0 Å². The number of amides is 1. The first-order valence-corrected chi connectivity index (χ1v) is 8.42. The first kappa shape index (κ1) is 16.6. The lowest BCUT2D eigenvalue weighted by Crippen LogP contribution is -2.37. The van der Waals surface area contributed by atoms with Gasteiger partial charge in [-0.2, -0.15) is 10.2 Å². The van der Waals surface area contributed by atoms with E-state index < -0.39 is 0 Å². The maximum atomic E-state index is 13.7. The van der Waals surface area contributed by atoms with Crippen LogP contribution in [0.2, 0.25) is 0 Å². The maximum absolute atomic E-state index is 13.7. The van der Waals surface area contributed by atoms with Crippen LogP contribution in [-0.4, -0.2) is 34.1 Å². The summed E-state index contributed by atoms with van der Waals surface area (Å²) in [4.78, 5) is 13.3. The molecule has 126 valence electrons. The Morgan fingerprint density at radius 3 is 2.42 bits per heavy atom. The number of benzene rings is 1. The summed E-state index contributed by atoms with van der Waals surface area (Å²) in [5.74, 6) is 0.499. The van der Waals surface area contributed by atoms with Crippen molar-refractivity contribution in [2.75, 3.05) is 13.1 Å². The fourth-order valence-corrected chi connectivity index (χ4v) is 3.18. The van der Waals surface area contributed by atoms with Gasteiger partial charge in [0.05, 0.1) is 11.4 Å². The molecule has 2 heterocycles. The van der Waals surface area contributed by atoms with Crippen molar-refractivity contribution in [1.82, 2.24) is 15.1 Å². The van der Waals surface area contributed by atoms with Crippen molar-refractivity contribution in [3.8, 4) is 0 Å². The SMILES string of the molecule is CC(=O)N1CCC(Cc2ccc(Cc3ccccc3F)nn2)CC1. The number of carbonyl (C=O) groups excluding carboxylic acids is 1. The minimum absolute atomic E-state index is 0.158. The van der Waals surface area contributed by atoms with Crippen LogP contribution in [0.5, 0.6) is 0 Å². The van der Waals surface area contributed by atoms with Crippen molar-refractivity contribution in [3.05, 3.63) is 59.2 Å². The van der Waals surface area contributed by atoms with Crippen LogP contribution < -0.4 is 0 Å². The molecule has 1 aromatic carbocycles. The average molecular weight is 327 g/mol. The lowest BCUT2D eigenvalue weighted by molar-refractivity contribution is -0.130. The summed E-state index contributed by atoms with van der Waals surface area (Å²) in [7, 11) is 0. The van der Waals surface area contributed by atoms with E-state index in [1.165, 1.54) is 6.07 Å². The normalized spacial score (nSPS) is 15.5. The van der Waals surface area contributed by atoms with Gasteiger partial charge in [-0.3, -0.25) is 4.79 Å². The van der Waals surface area contributed by atoms with E-state index in [1.54, 1.807) is 19.1 Å². The van der Waals surface area contributed by atoms with Crippen LogP contribution in [0, 0.1) is 11.7 Å². The Kier molecular flexibility index (Phi) is 5.18. The summed E-state index contributed by atoms with van der Waals surface area (Å²) >= 11 is 0. The predicted molar refractivity (Wildman–Crippen MR) is 89.9 cm³/mol. The molecular weight excluding hydrogens is 305 g/mol. The van der Waals surface area contributed by atoms with Crippen molar-refractivity contribution < 1.29 is 9.18 Å². The van der Waals surface area contributed by atoms with Gasteiger partial charge in [0.1, 0.15) is 5.82 Å². The molecule has 0 bridgehead atoms. The lowest BCUT2D eigenvalue weighted by atomic mass is 9.92. The van der Waals surface area contributed by atoms with Gasteiger partial charge in [-0.05, 0) is 48.9 Å². The monoisotopic (exact) mass is 327 g/mol. The second kappa shape index (κ2) is 7.51. The number of likely N-dealkylation sites (tertiary alicyclic amines) is 1. The van der Waals surface area contributed by atoms with Crippen molar-refractivity contribution in [1.29, 1.82) is 0 Å². The van der Waals surface area contributed by atoms with E-state index in [2.05, 4.69) is 10.2 Å². The molecule has 1 amide bonds. The number of piperidine rings is 1. The van der Waals surface area contributed by atoms with E-state index >= 15 is 0 Å². The molecule has 2 aromatic rings. The molecule has 1 aliphatic rings. The zero-order valence-corrected chi connectivity index (χ0v) is 13.9. The molecule has 1 aromatic heterocycles. The number of aromatic nitrogens is 2. The molecule has 0 radical (unpaired) electrons. The molecule has 1 saturated heterocycles. The van der Waals surface area contributed by atoms with Gasteiger partial charge in [-0.15, -0.1) is 0 Å². The van der Waals surface area contributed by atoms with E-state index in [4.69, 9.17) is 0 Å². The minimum atomic E-state index is -0.208. The lowest BCUT2D eigenvalue weighted by Gasteiger charge is -2.31. The fraction of sp³-hybridized carbons (Fsp3) is 0.421. The Hall–Kier alpha value is -2.30. The van der Waals surface area contributed by atoms with Crippen LogP contribution in [0.1, 0.15) is 36.7 Å². The molecule has 0 N–H and O–H groups in total. The van der Waals surface area contributed by atoms with Crippen LogP contribution in [0.15, 0.2) is 36.4 Å². The van der Waals surface area contributed by atoms with Gasteiger partial charge in [0, 0.05) is 26.4 Å². The largest absolute Gasteiger partial charge is 0.343 e. The highest BCUT2D eigenvalue weighted by Gasteiger charge is 2.21. The highest BCUT2D eigenvalue weighted by atomic mass is 19.1. The molecule has 0 spiro atoms. The Labute approximate surface area is 141 Å². The number of hydrogen-bond acceptors (Lipinski definition) is 3. The number of rotatable bonds is 4. The molecule has 0 aliphatic carbocycles. The molecule has 3 rings (SSSR count). The van der Waals surface area contributed by atoms with E-state index in [0.29, 0.717) is 17.9 Å². The second-order valence-corrected chi connectivity index (χ2v) is 6.44. The number of carbonyl (C=O) groups is 1. The average Bonchev–Trinajstić information content (AvgIpc) is 2.59. The van der Waals surface area contributed by atoms with Gasteiger partial charge >= 0.3 is 0 Å². The van der Waals surface area contributed by atoms with E-state index in [1.807, 2.05) is 23.1 Å². The number of hydrogen-bond donors (Lipinski definition) is 0. The third-order valence-corrected chi connectivity index (χ3v) is 4.66. The first-order chi connectivity index (χ1) is 11.6. The van der Waals surface area contributed by atoms with Crippen molar-refractivity contribution in [3.63, 3.8) is 0 Å². The van der Waals surface area contributed by atoms with Crippen LogP contribution in [0.4, 0.5) is 4.39 Å². The third kappa shape index (κ3) is 4.16. The van der Waals surface area contributed by atoms with Crippen LogP contribution in [0.3, 0.4) is 0 Å². The number of nitrogens with zero attached hydrogens (tertiary/aromatic N) is 3. The highest BCUT2D eigenvalue weighted by molar-refractivity contribution is 5.73. The van der Waals surface area contributed by atoms with Crippen LogP contribution in [-0.2, 0) is 17.6 Å². The molecular formula is C19H22FN3O. The molecule has 24 heavy (non-hydrogen) atoms. The quantitative estimate of drug-likeness (QED) is 0.867. The summed E-state index contributed by atoms with van der Waals surface area (Å²) in [6.07, 6.45) is 3.37. The predicted octanol–water partition coefficient (Wildman–Crippen LogP) is 3.01. The topological polar surface area (TPSA) is 46.1 Å². The minimum Gasteiger partial charge on any atom is -0.343 e. The Morgan fingerprint density at radius 2 is 1.79 bits per heavy atom. The zero-order valence-electron chi connectivity index (χ0n) is 13.9. The van der Waals surface area contributed by atoms with Gasteiger partial charge in [0.15, 0.2) is 0 Å². The number of halogens is 1. The van der Waals surface area contributed by atoms with Gasteiger partial charge in [-0.25, -0.2) is 4.39 Å². The van der Waals surface area contributed by atoms with Gasteiger partial charge < -0.3 is 4.90 Å². The Bertz CT molecular complexity index is 694.